The van der Waals surface area contributed by atoms with E-state index in [0.717, 1.165) is 29.9 Å². The van der Waals surface area contributed by atoms with E-state index >= 15 is 0 Å². The van der Waals surface area contributed by atoms with Gasteiger partial charge in [0.25, 0.3) is 5.56 Å². The lowest BCUT2D eigenvalue weighted by atomic mass is 10.1. The molecule has 1 aliphatic rings. The van der Waals surface area contributed by atoms with Crippen LogP contribution in [0.15, 0.2) is 56.7 Å². The second-order valence-electron chi connectivity index (χ2n) is 7.55. The highest BCUT2D eigenvalue weighted by atomic mass is 79.9. The van der Waals surface area contributed by atoms with E-state index in [1.807, 2.05) is 12.1 Å². The van der Waals surface area contributed by atoms with E-state index in [2.05, 4.69) is 42.9 Å². The molecule has 0 aliphatic carbocycles. The van der Waals surface area contributed by atoms with Gasteiger partial charge >= 0.3 is 0 Å². The van der Waals surface area contributed by atoms with Gasteiger partial charge in [0.15, 0.2) is 0 Å². The minimum absolute atomic E-state index is 0.191. The fraction of sp³-hybridized carbons (Fsp3) is 0.304. The lowest BCUT2D eigenvalue weighted by Crippen LogP contribution is -2.32. The topological polar surface area (TPSA) is 77.9 Å². The van der Waals surface area contributed by atoms with Crippen LogP contribution in [-0.2, 0) is 11.3 Å². The van der Waals surface area contributed by atoms with Crippen molar-refractivity contribution < 1.29 is 9.84 Å². The van der Waals surface area contributed by atoms with E-state index in [0.29, 0.717) is 22.4 Å². The monoisotopic (exact) mass is 469 g/mol. The number of aromatic amines is 1. The van der Waals surface area contributed by atoms with Crippen molar-refractivity contribution in [2.24, 2.45) is 4.99 Å². The number of aromatic nitrogens is 1. The molecule has 30 heavy (non-hydrogen) atoms. The van der Waals surface area contributed by atoms with Crippen molar-refractivity contribution >= 4 is 38.6 Å². The second kappa shape index (κ2) is 9.12. The molecule has 2 heterocycles. The molecule has 1 atom stereocenters. The Labute approximate surface area is 183 Å². The van der Waals surface area contributed by atoms with Gasteiger partial charge in [-0.05, 0) is 55.3 Å². The Bertz CT molecular complexity index is 1120. The van der Waals surface area contributed by atoms with Gasteiger partial charge < -0.3 is 9.84 Å². The lowest BCUT2D eigenvalue weighted by molar-refractivity contribution is 0.112. The second-order valence-corrected chi connectivity index (χ2v) is 8.47. The van der Waals surface area contributed by atoms with Gasteiger partial charge in [0.2, 0.25) is 5.88 Å². The van der Waals surface area contributed by atoms with E-state index in [9.17, 15) is 9.90 Å². The maximum absolute atomic E-state index is 12.1. The number of likely N-dealkylation sites (tertiary alicyclic amines) is 1. The first kappa shape index (κ1) is 20.8. The fourth-order valence-corrected chi connectivity index (χ4v) is 4.34. The highest BCUT2D eigenvalue weighted by Gasteiger charge is 2.24. The highest BCUT2D eigenvalue weighted by Crippen LogP contribution is 2.25. The van der Waals surface area contributed by atoms with Crippen LogP contribution in [0.2, 0.25) is 0 Å². The summed E-state index contributed by atoms with van der Waals surface area (Å²) in [6, 6.07) is 13.9. The van der Waals surface area contributed by atoms with Gasteiger partial charge in [-0.1, -0.05) is 28.1 Å². The molecule has 1 saturated heterocycles. The quantitative estimate of drug-likeness (QED) is 0.525. The third-order valence-electron chi connectivity index (χ3n) is 5.53. The Morgan fingerprint density at radius 2 is 2.07 bits per heavy atom. The normalized spacial score (nSPS) is 17.3. The summed E-state index contributed by atoms with van der Waals surface area (Å²) in [4.78, 5) is 21.5. The van der Waals surface area contributed by atoms with Gasteiger partial charge in [0.05, 0.1) is 17.9 Å². The molecule has 156 valence electrons. The van der Waals surface area contributed by atoms with Crippen LogP contribution in [-0.4, -0.2) is 47.5 Å². The van der Waals surface area contributed by atoms with Crippen molar-refractivity contribution in [3.63, 3.8) is 0 Å². The zero-order valence-corrected chi connectivity index (χ0v) is 18.4. The maximum Gasteiger partial charge on any atom is 0.258 e. The Hall–Kier alpha value is -2.48. The number of halogens is 1. The molecule has 1 aromatic heterocycles. The standard InChI is InChI=1S/C23H24BrN3O3/c1-30-14-18-3-2-10-27(18)13-15-4-7-17(8-5-15)25-12-21-20-11-16(24)6-9-19(20)22(28)26-23(21)29/h4-9,11-12,18H,2-3,10,13-14H2,1H3,(H2,26,28,29)/t18-/m0/s1. The summed E-state index contributed by atoms with van der Waals surface area (Å²) in [5.41, 5.74) is 2.17. The van der Waals surface area contributed by atoms with Crippen molar-refractivity contribution in [1.82, 2.24) is 9.88 Å². The predicted molar refractivity (Wildman–Crippen MR) is 123 cm³/mol. The number of H-pyrrole nitrogens is 1. The zero-order valence-electron chi connectivity index (χ0n) is 16.8. The number of pyridine rings is 1. The Kier molecular flexibility index (Phi) is 6.32. The molecule has 2 N–H and O–H groups in total. The molecule has 0 unspecified atom stereocenters. The first-order valence-corrected chi connectivity index (χ1v) is 10.7. The van der Waals surface area contributed by atoms with Crippen molar-refractivity contribution in [1.29, 1.82) is 0 Å². The number of ether oxygens (including phenoxy) is 1. The number of methoxy groups -OCH3 is 1. The highest BCUT2D eigenvalue weighted by molar-refractivity contribution is 9.10. The van der Waals surface area contributed by atoms with E-state index in [-0.39, 0.29) is 11.4 Å². The Morgan fingerprint density at radius 3 is 2.83 bits per heavy atom. The van der Waals surface area contributed by atoms with Crippen molar-refractivity contribution in [2.75, 3.05) is 20.3 Å². The minimum Gasteiger partial charge on any atom is -0.494 e. The number of fused-ring (bicyclic) bond motifs is 1. The van der Waals surface area contributed by atoms with Crippen LogP contribution < -0.4 is 5.56 Å². The lowest BCUT2D eigenvalue weighted by Gasteiger charge is -2.23. The maximum atomic E-state index is 12.1. The molecular weight excluding hydrogens is 446 g/mol. The van der Waals surface area contributed by atoms with Gasteiger partial charge in [-0.15, -0.1) is 0 Å². The predicted octanol–water partition coefficient (Wildman–Crippen LogP) is 4.36. The number of hydrogen-bond acceptors (Lipinski definition) is 5. The number of hydrogen-bond donors (Lipinski definition) is 2. The summed E-state index contributed by atoms with van der Waals surface area (Å²) in [5, 5.41) is 11.4. The zero-order chi connectivity index (χ0) is 21.1. The summed E-state index contributed by atoms with van der Waals surface area (Å²) >= 11 is 3.42. The largest absolute Gasteiger partial charge is 0.494 e. The van der Waals surface area contributed by atoms with E-state index < -0.39 is 0 Å². The molecule has 4 rings (SSSR count). The van der Waals surface area contributed by atoms with Crippen molar-refractivity contribution in [3.8, 4) is 5.88 Å². The molecular formula is C23H24BrN3O3. The molecule has 7 heteroatoms. The van der Waals surface area contributed by atoms with E-state index in [1.54, 1.807) is 31.5 Å². The van der Waals surface area contributed by atoms with E-state index in [1.165, 1.54) is 18.4 Å². The molecule has 6 nitrogen and oxygen atoms in total. The van der Waals surface area contributed by atoms with Crippen LogP contribution in [0.5, 0.6) is 5.88 Å². The Morgan fingerprint density at radius 1 is 1.27 bits per heavy atom. The SMILES string of the molecule is COC[C@@H]1CCCN1Cc1ccc(N=Cc2c(O)[nH]c(=O)c3ccc(Br)cc23)cc1. The number of nitrogens with one attached hydrogen (secondary N) is 1. The average Bonchev–Trinajstić information content (AvgIpc) is 3.16. The number of rotatable bonds is 6. The first-order valence-electron chi connectivity index (χ1n) is 9.95. The van der Waals surface area contributed by atoms with Crippen LogP contribution in [0.4, 0.5) is 5.69 Å². The molecule has 2 aromatic carbocycles. The number of nitrogens with zero attached hydrogens (tertiary/aromatic N) is 2. The summed E-state index contributed by atoms with van der Waals surface area (Å²) < 4.78 is 6.16. The molecule has 1 fully saturated rings. The van der Waals surface area contributed by atoms with Crippen LogP contribution in [0, 0.1) is 0 Å². The average molecular weight is 470 g/mol. The molecule has 0 saturated carbocycles. The number of benzene rings is 2. The van der Waals surface area contributed by atoms with E-state index in [4.69, 9.17) is 4.74 Å². The van der Waals surface area contributed by atoms with Gasteiger partial charge in [0.1, 0.15) is 0 Å². The number of aromatic hydroxyl groups is 1. The van der Waals surface area contributed by atoms with Gasteiger partial charge in [-0.2, -0.15) is 0 Å². The van der Waals surface area contributed by atoms with Crippen LogP contribution in [0.3, 0.4) is 0 Å². The van der Waals surface area contributed by atoms with Crippen molar-refractivity contribution in [3.05, 3.63) is 68.4 Å². The molecule has 0 bridgehead atoms. The van der Waals surface area contributed by atoms with Gasteiger partial charge in [-0.3, -0.25) is 19.7 Å². The summed E-state index contributed by atoms with van der Waals surface area (Å²) in [6.07, 6.45) is 3.98. The van der Waals surface area contributed by atoms with Crippen LogP contribution in [0.1, 0.15) is 24.0 Å². The molecule has 0 amide bonds. The number of aliphatic imine (C=N–C) groups is 1. The van der Waals surface area contributed by atoms with Gasteiger partial charge in [0, 0.05) is 41.2 Å². The molecule has 0 spiro atoms. The molecule has 3 aromatic rings. The third kappa shape index (κ3) is 4.48. The molecule has 1 aliphatic heterocycles. The first-order chi connectivity index (χ1) is 14.5. The summed E-state index contributed by atoms with van der Waals surface area (Å²) in [6.45, 7) is 2.77. The van der Waals surface area contributed by atoms with Crippen LogP contribution in [0.25, 0.3) is 10.8 Å². The fourth-order valence-electron chi connectivity index (χ4n) is 3.98. The van der Waals surface area contributed by atoms with Gasteiger partial charge in [-0.25, -0.2) is 0 Å². The Balaban J connectivity index is 1.54. The summed E-state index contributed by atoms with van der Waals surface area (Å²) in [5.74, 6) is -0.191. The smallest absolute Gasteiger partial charge is 0.258 e. The van der Waals surface area contributed by atoms with Crippen molar-refractivity contribution in [2.45, 2.75) is 25.4 Å². The third-order valence-corrected chi connectivity index (χ3v) is 6.02. The minimum atomic E-state index is -0.329. The molecule has 0 radical (unpaired) electrons. The van der Waals surface area contributed by atoms with Crippen LogP contribution >= 0.6 is 15.9 Å². The summed E-state index contributed by atoms with van der Waals surface area (Å²) in [7, 11) is 1.76.